The second kappa shape index (κ2) is 6.82. The minimum atomic E-state index is -4.20. The van der Waals surface area contributed by atoms with Crippen molar-refractivity contribution in [2.45, 2.75) is 44.7 Å². The molecule has 1 aliphatic rings. The van der Waals surface area contributed by atoms with Crippen molar-refractivity contribution in [1.82, 2.24) is 4.72 Å². The molecule has 0 unspecified atom stereocenters. The molecule has 1 fully saturated rings. The van der Waals surface area contributed by atoms with Crippen LogP contribution in [0.1, 0.15) is 25.8 Å². The van der Waals surface area contributed by atoms with Gasteiger partial charge in [-0.1, -0.05) is 29.8 Å². The molecule has 0 saturated carbocycles. The molecule has 1 aromatic carbocycles. The zero-order valence-electron chi connectivity index (χ0n) is 12.5. The van der Waals surface area contributed by atoms with E-state index < -0.39 is 16.1 Å². The molecule has 0 bridgehead atoms. The fraction of sp³-hybridized carbons (Fsp3) is 0.571. The van der Waals surface area contributed by atoms with Gasteiger partial charge in [0, 0.05) is 18.0 Å². The van der Waals surface area contributed by atoms with Crippen molar-refractivity contribution in [2.24, 2.45) is 0 Å². The molecule has 0 radical (unpaired) electrons. The zero-order chi connectivity index (χ0) is 16.4. The van der Waals surface area contributed by atoms with E-state index >= 15 is 0 Å². The second-order valence-electron chi connectivity index (χ2n) is 5.67. The lowest BCUT2D eigenvalue weighted by molar-refractivity contribution is -0.146. The summed E-state index contributed by atoms with van der Waals surface area (Å²) < 4.78 is 43.8. The minimum Gasteiger partial charge on any atom is -0.345 e. The molecule has 0 aliphatic carbocycles. The van der Waals surface area contributed by atoms with Gasteiger partial charge >= 0.3 is 10.3 Å². The molecule has 1 heterocycles. The quantitative estimate of drug-likeness (QED) is 0.769. The van der Waals surface area contributed by atoms with Crippen molar-refractivity contribution in [1.29, 1.82) is 0 Å². The van der Waals surface area contributed by atoms with Crippen molar-refractivity contribution in [2.75, 3.05) is 6.54 Å². The zero-order valence-corrected chi connectivity index (χ0v) is 14.0. The van der Waals surface area contributed by atoms with Crippen molar-refractivity contribution < 1.29 is 22.4 Å². The summed E-state index contributed by atoms with van der Waals surface area (Å²) in [6.45, 7) is 3.69. The lowest BCUT2D eigenvalue weighted by Gasteiger charge is -2.17. The molecule has 2 N–H and O–H groups in total. The Labute approximate surface area is 135 Å². The number of nitrogens with one attached hydrogen (secondary N) is 1. The van der Waals surface area contributed by atoms with Gasteiger partial charge in [0.2, 0.25) is 0 Å². The van der Waals surface area contributed by atoms with Gasteiger partial charge in [-0.2, -0.15) is 13.1 Å². The van der Waals surface area contributed by atoms with Crippen LogP contribution < -0.4 is 4.72 Å². The SMILES string of the molecule is CC1(C)O[C@@H](CCNS(=O)(=O)O)[C@H](Cc2ccccc2Cl)O1. The predicted molar refractivity (Wildman–Crippen MR) is 83.1 cm³/mol. The van der Waals surface area contributed by atoms with Crippen LogP contribution in [0, 0.1) is 0 Å². The Morgan fingerprint density at radius 3 is 2.55 bits per heavy atom. The topological polar surface area (TPSA) is 84.9 Å². The number of hydrogen-bond acceptors (Lipinski definition) is 4. The van der Waals surface area contributed by atoms with Crippen LogP contribution in [-0.4, -0.2) is 37.5 Å². The smallest absolute Gasteiger partial charge is 0.333 e. The summed E-state index contributed by atoms with van der Waals surface area (Å²) in [5, 5.41) is 0.658. The predicted octanol–water partition coefficient (Wildman–Crippen LogP) is 2.19. The first-order valence-electron chi connectivity index (χ1n) is 6.97. The molecule has 0 aromatic heterocycles. The normalized spacial score (nSPS) is 24.5. The Morgan fingerprint density at radius 1 is 1.27 bits per heavy atom. The van der Waals surface area contributed by atoms with Crippen LogP contribution in [0.25, 0.3) is 0 Å². The van der Waals surface area contributed by atoms with Gasteiger partial charge in [0.15, 0.2) is 5.79 Å². The molecule has 124 valence electrons. The van der Waals surface area contributed by atoms with Crippen LogP contribution in [0.2, 0.25) is 5.02 Å². The lowest BCUT2D eigenvalue weighted by Crippen LogP contribution is -2.31. The molecule has 1 aromatic rings. The van der Waals surface area contributed by atoms with E-state index in [-0.39, 0.29) is 18.8 Å². The Bertz CT molecular complexity index is 619. The van der Waals surface area contributed by atoms with Crippen LogP contribution in [0.4, 0.5) is 0 Å². The van der Waals surface area contributed by atoms with Crippen LogP contribution in [0.15, 0.2) is 24.3 Å². The molecule has 0 amide bonds. The van der Waals surface area contributed by atoms with Crippen LogP contribution >= 0.6 is 11.6 Å². The number of rotatable bonds is 6. The number of benzene rings is 1. The second-order valence-corrected chi connectivity index (χ2v) is 7.31. The van der Waals surface area contributed by atoms with Gasteiger partial charge in [-0.15, -0.1) is 0 Å². The first-order chi connectivity index (χ1) is 10.2. The maximum absolute atomic E-state index is 10.7. The van der Waals surface area contributed by atoms with Gasteiger partial charge in [-0.05, 0) is 31.9 Å². The summed E-state index contributed by atoms with van der Waals surface area (Å²) in [5.41, 5.74) is 0.947. The van der Waals surface area contributed by atoms with E-state index in [9.17, 15) is 8.42 Å². The first kappa shape index (κ1) is 17.7. The molecular formula is C14H20ClNO5S. The maximum Gasteiger partial charge on any atom is 0.333 e. The average molecular weight is 350 g/mol. The molecule has 22 heavy (non-hydrogen) atoms. The van der Waals surface area contributed by atoms with E-state index in [4.69, 9.17) is 25.6 Å². The summed E-state index contributed by atoms with van der Waals surface area (Å²) in [7, 11) is -4.20. The Morgan fingerprint density at radius 2 is 1.91 bits per heavy atom. The van der Waals surface area contributed by atoms with E-state index in [1.165, 1.54) is 0 Å². The maximum atomic E-state index is 10.7. The molecule has 0 spiro atoms. The summed E-state index contributed by atoms with van der Waals surface area (Å²) >= 11 is 6.16. The average Bonchev–Trinajstić information content (AvgIpc) is 2.65. The highest BCUT2D eigenvalue weighted by Gasteiger charge is 2.41. The molecule has 6 nitrogen and oxygen atoms in total. The standard InChI is InChI=1S/C14H20ClNO5S/c1-14(2)20-12(7-8-16-22(17,18)19)13(21-14)9-10-5-3-4-6-11(10)15/h3-6,12-13,16H,7-9H2,1-2H3,(H,17,18,19)/t12-,13-/m0/s1. The summed E-state index contributed by atoms with van der Waals surface area (Å²) in [5.74, 6) is -0.741. The molecule has 1 saturated heterocycles. The summed E-state index contributed by atoms with van der Waals surface area (Å²) in [6.07, 6.45) is 0.427. The Hall–Kier alpha value is -0.700. The van der Waals surface area contributed by atoms with E-state index in [1.54, 1.807) is 0 Å². The van der Waals surface area contributed by atoms with E-state index in [0.29, 0.717) is 17.9 Å². The number of halogens is 1. The van der Waals surface area contributed by atoms with Crippen molar-refractivity contribution in [3.8, 4) is 0 Å². The molecule has 8 heteroatoms. The third-order valence-corrected chi connectivity index (χ3v) is 4.31. The van der Waals surface area contributed by atoms with Crippen LogP contribution in [-0.2, 0) is 26.2 Å². The van der Waals surface area contributed by atoms with Crippen molar-refractivity contribution in [3.05, 3.63) is 34.9 Å². The van der Waals surface area contributed by atoms with Gasteiger partial charge < -0.3 is 9.47 Å². The number of hydrogen-bond donors (Lipinski definition) is 2. The summed E-state index contributed by atoms with van der Waals surface area (Å²) in [4.78, 5) is 0. The Balaban J connectivity index is 2.02. The first-order valence-corrected chi connectivity index (χ1v) is 8.79. The van der Waals surface area contributed by atoms with Gasteiger partial charge in [0.05, 0.1) is 12.2 Å². The fourth-order valence-electron chi connectivity index (χ4n) is 2.54. The Kier molecular flexibility index (Phi) is 5.47. The molecular weight excluding hydrogens is 330 g/mol. The highest BCUT2D eigenvalue weighted by atomic mass is 35.5. The number of ether oxygens (including phenoxy) is 2. The largest absolute Gasteiger partial charge is 0.345 e. The van der Waals surface area contributed by atoms with Crippen molar-refractivity contribution in [3.63, 3.8) is 0 Å². The third-order valence-electron chi connectivity index (χ3n) is 3.38. The third kappa shape index (κ3) is 5.19. The van der Waals surface area contributed by atoms with E-state index in [2.05, 4.69) is 0 Å². The van der Waals surface area contributed by atoms with Crippen LogP contribution in [0.3, 0.4) is 0 Å². The fourth-order valence-corrected chi connectivity index (χ4v) is 3.13. The van der Waals surface area contributed by atoms with Gasteiger partial charge in [0.25, 0.3) is 0 Å². The molecule has 2 rings (SSSR count). The van der Waals surface area contributed by atoms with Gasteiger partial charge in [0.1, 0.15) is 0 Å². The molecule has 2 atom stereocenters. The highest BCUT2D eigenvalue weighted by molar-refractivity contribution is 7.83. The highest BCUT2D eigenvalue weighted by Crippen LogP contribution is 2.32. The molecule has 1 aliphatic heterocycles. The van der Waals surface area contributed by atoms with Gasteiger partial charge in [-0.25, -0.2) is 0 Å². The van der Waals surface area contributed by atoms with Crippen LogP contribution in [0.5, 0.6) is 0 Å². The van der Waals surface area contributed by atoms with Gasteiger partial charge in [-0.3, -0.25) is 4.55 Å². The van der Waals surface area contributed by atoms with Crippen molar-refractivity contribution >= 4 is 21.9 Å². The van der Waals surface area contributed by atoms with E-state index in [1.807, 2.05) is 42.8 Å². The minimum absolute atomic E-state index is 0.0714. The lowest BCUT2D eigenvalue weighted by atomic mass is 10.0. The summed E-state index contributed by atoms with van der Waals surface area (Å²) in [6, 6.07) is 7.49. The van der Waals surface area contributed by atoms with E-state index in [0.717, 1.165) is 5.56 Å². The monoisotopic (exact) mass is 349 g/mol.